The molecule has 0 radical (unpaired) electrons. The number of H-pyrrole nitrogens is 1. The summed E-state index contributed by atoms with van der Waals surface area (Å²) in [5.41, 5.74) is 6.33. The van der Waals surface area contributed by atoms with Crippen molar-refractivity contribution < 1.29 is 9.59 Å². The largest absolute Gasteiger partial charge is 0.306 e. The minimum atomic E-state index is -0.110. The van der Waals surface area contributed by atoms with Gasteiger partial charge in [0.15, 0.2) is 5.78 Å². The molecule has 0 unspecified atom stereocenters. The molecule has 0 bridgehead atoms. The normalized spacial score (nSPS) is 16.8. The third-order valence-electron chi connectivity index (χ3n) is 7.44. The Morgan fingerprint density at radius 2 is 1.89 bits per heavy atom. The Morgan fingerprint density at radius 1 is 1.03 bits per heavy atom. The maximum Gasteiger partial charge on any atom is 0.276 e. The second-order valence-electron chi connectivity index (χ2n) is 10.1. The molecule has 2 aliphatic carbocycles. The predicted molar refractivity (Wildman–Crippen MR) is 141 cm³/mol. The lowest BCUT2D eigenvalue weighted by Crippen LogP contribution is -2.33. The molecule has 0 saturated heterocycles. The van der Waals surface area contributed by atoms with E-state index in [1.165, 1.54) is 12.8 Å². The van der Waals surface area contributed by atoms with Gasteiger partial charge in [0.25, 0.3) is 5.91 Å². The fourth-order valence-corrected chi connectivity index (χ4v) is 6.35. The smallest absolute Gasteiger partial charge is 0.276 e. The summed E-state index contributed by atoms with van der Waals surface area (Å²) in [5, 5.41) is 7.36. The number of hydrogen-bond donors (Lipinski definition) is 1. The molecule has 7 rings (SSSR count). The van der Waals surface area contributed by atoms with Gasteiger partial charge in [-0.1, -0.05) is 24.3 Å². The van der Waals surface area contributed by atoms with Crippen molar-refractivity contribution in [2.45, 2.75) is 44.4 Å². The number of thiophene rings is 1. The quantitative estimate of drug-likeness (QED) is 0.321. The summed E-state index contributed by atoms with van der Waals surface area (Å²) in [6.07, 6.45) is 7.85. The Hall–Kier alpha value is -3.58. The van der Waals surface area contributed by atoms with Gasteiger partial charge in [-0.15, -0.1) is 11.3 Å². The maximum atomic E-state index is 13.8. The van der Waals surface area contributed by atoms with Crippen LogP contribution in [0, 0.1) is 5.92 Å². The van der Waals surface area contributed by atoms with Crippen LogP contribution < -0.4 is 4.90 Å². The highest BCUT2D eigenvalue weighted by atomic mass is 32.1. The van der Waals surface area contributed by atoms with E-state index in [0.29, 0.717) is 36.9 Å². The number of hydrogen-bond acceptors (Lipinski definition) is 5. The van der Waals surface area contributed by atoms with Crippen molar-refractivity contribution >= 4 is 28.7 Å². The van der Waals surface area contributed by atoms with Crippen LogP contribution in [-0.2, 0) is 6.42 Å². The van der Waals surface area contributed by atoms with Crippen molar-refractivity contribution in [2.75, 3.05) is 11.4 Å². The Labute approximate surface area is 213 Å². The van der Waals surface area contributed by atoms with Crippen molar-refractivity contribution in [2.24, 2.45) is 5.92 Å². The maximum absolute atomic E-state index is 13.8. The van der Waals surface area contributed by atoms with E-state index >= 15 is 0 Å². The standard InChI is InChI=1S/C29H26N4O2S/c34-25(14-17-8-9-17)26-15-19-12-13-33(24-7-2-1-4-20(24)28(19)36-26)29(35)23-6-3-5-22(31-23)21-16-30-32-27(21)18-10-11-18/h1-7,15-18H,8-14H2,(H,30,32). The van der Waals surface area contributed by atoms with Gasteiger partial charge in [-0.2, -0.15) is 5.10 Å². The third-order valence-corrected chi connectivity index (χ3v) is 8.69. The number of amides is 1. The average Bonchev–Trinajstić information content (AvgIpc) is 3.84. The molecule has 3 aromatic heterocycles. The molecular weight excluding hydrogens is 468 g/mol. The zero-order valence-corrected chi connectivity index (χ0v) is 20.7. The van der Waals surface area contributed by atoms with E-state index in [-0.39, 0.29) is 11.7 Å². The lowest BCUT2D eigenvalue weighted by molar-refractivity contribution is 0.0972. The summed E-state index contributed by atoms with van der Waals surface area (Å²) in [6.45, 7) is 0.542. The fourth-order valence-electron chi connectivity index (χ4n) is 5.15. The zero-order valence-electron chi connectivity index (χ0n) is 19.9. The molecule has 1 amide bonds. The molecule has 7 heteroatoms. The van der Waals surface area contributed by atoms with Gasteiger partial charge in [-0.25, -0.2) is 4.98 Å². The van der Waals surface area contributed by atoms with Gasteiger partial charge in [0.1, 0.15) is 5.69 Å². The first-order valence-electron chi connectivity index (χ1n) is 12.7. The lowest BCUT2D eigenvalue weighted by Gasteiger charge is -2.23. The first kappa shape index (κ1) is 21.7. The summed E-state index contributed by atoms with van der Waals surface area (Å²) in [5.74, 6) is 1.24. The summed E-state index contributed by atoms with van der Waals surface area (Å²) in [7, 11) is 0. The van der Waals surface area contributed by atoms with Gasteiger partial charge in [-0.3, -0.25) is 14.7 Å². The van der Waals surface area contributed by atoms with Gasteiger partial charge < -0.3 is 4.90 Å². The number of benzene rings is 1. The first-order chi connectivity index (χ1) is 17.7. The Morgan fingerprint density at radius 3 is 2.72 bits per heavy atom. The van der Waals surface area contributed by atoms with Gasteiger partial charge in [0.05, 0.1) is 22.5 Å². The van der Waals surface area contributed by atoms with Crippen molar-refractivity contribution in [3.8, 4) is 21.7 Å². The first-order valence-corrected chi connectivity index (χ1v) is 13.5. The molecule has 4 heterocycles. The second kappa shape index (κ2) is 8.52. The minimum Gasteiger partial charge on any atom is -0.306 e. The van der Waals surface area contributed by atoms with Gasteiger partial charge in [-0.05, 0) is 67.9 Å². The molecule has 180 valence electrons. The molecule has 0 spiro atoms. The van der Waals surface area contributed by atoms with E-state index < -0.39 is 0 Å². The molecule has 36 heavy (non-hydrogen) atoms. The van der Waals surface area contributed by atoms with Crippen molar-refractivity contribution in [3.63, 3.8) is 0 Å². The number of ketones is 1. The monoisotopic (exact) mass is 494 g/mol. The highest BCUT2D eigenvalue weighted by Gasteiger charge is 2.31. The van der Waals surface area contributed by atoms with Crippen LogP contribution >= 0.6 is 11.3 Å². The van der Waals surface area contributed by atoms with Crippen LogP contribution in [0.1, 0.15) is 69.4 Å². The number of rotatable bonds is 6. The lowest BCUT2D eigenvalue weighted by atomic mass is 10.1. The molecule has 3 aliphatic rings. The van der Waals surface area contributed by atoms with E-state index in [9.17, 15) is 9.59 Å². The van der Waals surface area contributed by atoms with Crippen molar-refractivity contribution in [1.29, 1.82) is 0 Å². The number of Topliss-reactive ketones (excluding diaryl/α,β-unsaturated/α-hetero) is 1. The molecule has 0 atom stereocenters. The Bertz CT molecular complexity index is 1490. The number of carbonyl (C=O) groups excluding carboxylic acids is 2. The molecule has 1 aliphatic heterocycles. The van der Waals surface area contributed by atoms with Crippen LogP contribution in [0.15, 0.2) is 54.7 Å². The number of aromatic amines is 1. The molecular formula is C29H26N4O2S. The van der Waals surface area contributed by atoms with Crippen LogP contribution in [0.5, 0.6) is 0 Å². The topological polar surface area (TPSA) is 79.0 Å². The second-order valence-corrected chi connectivity index (χ2v) is 11.2. The summed E-state index contributed by atoms with van der Waals surface area (Å²) in [6, 6.07) is 15.7. The van der Waals surface area contributed by atoms with Crippen LogP contribution in [-0.4, -0.2) is 33.4 Å². The van der Waals surface area contributed by atoms with Gasteiger partial charge in [0.2, 0.25) is 0 Å². The van der Waals surface area contributed by atoms with Crippen molar-refractivity contribution in [1.82, 2.24) is 15.2 Å². The summed E-state index contributed by atoms with van der Waals surface area (Å²) >= 11 is 1.58. The van der Waals surface area contributed by atoms with E-state index in [1.807, 2.05) is 41.4 Å². The molecule has 4 aromatic rings. The van der Waals surface area contributed by atoms with Crippen LogP contribution in [0.25, 0.3) is 21.7 Å². The molecule has 1 aromatic carbocycles. The summed E-state index contributed by atoms with van der Waals surface area (Å²) < 4.78 is 0. The van der Waals surface area contributed by atoms with Crippen LogP contribution in [0.4, 0.5) is 5.69 Å². The molecule has 2 saturated carbocycles. The summed E-state index contributed by atoms with van der Waals surface area (Å²) in [4.78, 5) is 35.2. The van der Waals surface area contributed by atoms with Crippen molar-refractivity contribution in [3.05, 3.63) is 76.6 Å². The van der Waals surface area contributed by atoms with Crippen LogP contribution in [0.2, 0.25) is 0 Å². The number of para-hydroxylation sites is 1. The molecule has 1 N–H and O–H groups in total. The third kappa shape index (κ3) is 3.88. The number of aromatic nitrogens is 3. The zero-order chi connectivity index (χ0) is 24.2. The molecule has 6 nitrogen and oxygen atoms in total. The Balaban J connectivity index is 1.22. The van der Waals surface area contributed by atoms with Gasteiger partial charge in [0, 0.05) is 40.6 Å². The fraction of sp³-hybridized carbons (Fsp3) is 0.310. The average molecular weight is 495 g/mol. The van der Waals surface area contributed by atoms with Crippen LogP contribution in [0.3, 0.4) is 0 Å². The van der Waals surface area contributed by atoms with E-state index in [1.54, 1.807) is 17.4 Å². The van der Waals surface area contributed by atoms with E-state index in [2.05, 4.69) is 22.3 Å². The highest BCUT2D eigenvalue weighted by Crippen LogP contribution is 2.44. The van der Waals surface area contributed by atoms with Gasteiger partial charge >= 0.3 is 0 Å². The number of nitrogens with zero attached hydrogens (tertiary/aromatic N) is 3. The number of pyridine rings is 1. The Kier molecular flexibility index (Phi) is 5.13. The predicted octanol–water partition coefficient (Wildman–Crippen LogP) is 6.26. The highest BCUT2D eigenvalue weighted by molar-refractivity contribution is 7.17. The minimum absolute atomic E-state index is 0.110. The van der Waals surface area contributed by atoms with E-state index in [0.717, 1.165) is 56.4 Å². The number of fused-ring (bicyclic) bond motifs is 3. The SMILES string of the molecule is O=C(CC1CC1)c1cc2c(s1)-c1ccccc1N(C(=O)c1cccc(-c3cn[nH]c3C3CC3)n1)CC2. The number of carbonyl (C=O) groups is 2. The van der Waals surface area contributed by atoms with E-state index in [4.69, 9.17) is 4.98 Å². The number of nitrogens with one attached hydrogen (secondary N) is 1. The number of anilines is 1. The molecule has 2 fully saturated rings.